The predicted molar refractivity (Wildman–Crippen MR) is 82.3 cm³/mol. The number of aryl methyl sites for hydroxylation is 1. The van der Waals surface area contributed by atoms with E-state index < -0.39 is 11.7 Å². The van der Waals surface area contributed by atoms with Crippen LogP contribution in [0.1, 0.15) is 28.8 Å². The van der Waals surface area contributed by atoms with Crippen LogP contribution in [-0.4, -0.2) is 30.5 Å². The first-order valence-corrected chi connectivity index (χ1v) is 7.17. The number of hydrogen-bond donors (Lipinski definition) is 1. The largest absolute Gasteiger partial charge is 0.424 e. The Morgan fingerprint density at radius 1 is 1.38 bits per heavy atom. The normalized spacial score (nSPS) is 12.9. The number of hydrogen-bond acceptors (Lipinski definition) is 5. The molecule has 0 saturated carbocycles. The molecule has 128 valence electrons. The van der Waals surface area contributed by atoms with Crippen LogP contribution in [0.15, 0.2) is 28.7 Å². The summed E-state index contributed by atoms with van der Waals surface area (Å²) in [7, 11) is 3.53. The van der Waals surface area contributed by atoms with Crippen molar-refractivity contribution in [3.63, 3.8) is 0 Å². The molecule has 24 heavy (non-hydrogen) atoms. The minimum Gasteiger partial charge on any atom is -0.424 e. The van der Waals surface area contributed by atoms with E-state index in [0.717, 1.165) is 12.1 Å². The highest BCUT2D eigenvalue weighted by Crippen LogP contribution is 2.31. The molecule has 2 rings (SSSR count). The van der Waals surface area contributed by atoms with Crippen molar-refractivity contribution in [1.82, 2.24) is 9.88 Å². The maximum atomic E-state index is 12.9. The van der Waals surface area contributed by atoms with Crippen molar-refractivity contribution in [3.05, 3.63) is 47.0 Å². The molecule has 0 aliphatic heterocycles. The highest BCUT2D eigenvalue weighted by atomic mass is 19.4. The van der Waals surface area contributed by atoms with Crippen LogP contribution in [0.25, 0.3) is 0 Å². The van der Waals surface area contributed by atoms with Gasteiger partial charge < -0.3 is 14.6 Å². The van der Waals surface area contributed by atoms with E-state index in [9.17, 15) is 13.2 Å². The number of likely N-dealkylation sites (N-methyl/N-ethyl adjacent to an activating group) is 1. The van der Waals surface area contributed by atoms with E-state index in [1.807, 2.05) is 6.07 Å². The Balaban J connectivity index is 2.23. The molecule has 0 amide bonds. The molecule has 0 aliphatic carbocycles. The van der Waals surface area contributed by atoms with Crippen LogP contribution in [0.3, 0.4) is 0 Å². The highest BCUT2D eigenvalue weighted by molar-refractivity contribution is 5.45. The van der Waals surface area contributed by atoms with Gasteiger partial charge in [-0.15, -0.1) is 0 Å². The Morgan fingerprint density at radius 2 is 2.08 bits per heavy atom. The molecular weight excluding hydrogens is 321 g/mol. The monoisotopic (exact) mass is 338 g/mol. The van der Waals surface area contributed by atoms with E-state index in [1.165, 1.54) is 6.07 Å². The number of nitrogens with zero attached hydrogens (tertiary/aromatic N) is 3. The summed E-state index contributed by atoms with van der Waals surface area (Å²) in [4.78, 5) is 5.71. The van der Waals surface area contributed by atoms with Gasteiger partial charge in [0.1, 0.15) is 6.07 Å². The molecule has 1 N–H and O–H groups in total. The zero-order chi connectivity index (χ0) is 17.9. The van der Waals surface area contributed by atoms with E-state index in [2.05, 4.69) is 10.3 Å². The summed E-state index contributed by atoms with van der Waals surface area (Å²) in [6, 6.07) is 6.75. The van der Waals surface area contributed by atoms with E-state index in [-0.39, 0.29) is 24.2 Å². The number of benzene rings is 1. The zero-order valence-electron chi connectivity index (χ0n) is 13.5. The quantitative estimate of drug-likeness (QED) is 0.902. The molecule has 0 fully saturated rings. The number of halogens is 3. The number of alkyl halides is 3. The van der Waals surface area contributed by atoms with Gasteiger partial charge in [-0.25, -0.2) is 4.98 Å². The number of aromatic nitrogens is 1. The molecule has 5 nitrogen and oxygen atoms in total. The average molecular weight is 338 g/mol. The van der Waals surface area contributed by atoms with Crippen molar-refractivity contribution >= 4 is 5.88 Å². The lowest BCUT2D eigenvalue weighted by atomic mass is 10.0. The Hall–Kier alpha value is -2.53. The van der Waals surface area contributed by atoms with Crippen LogP contribution in [0.5, 0.6) is 0 Å². The first-order chi connectivity index (χ1) is 11.2. The number of nitrogens with one attached hydrogen (secondary N) is 1. The number of nitriles is 1. The third-order valence-electron chi connectivity index (χ3n) is 3.52. The van der Waals surface area contributed by atoms with Crippen LogP contribution in [0.2, 0.25) is 0 Å². The molecule has 8 heteroatoms. The molecule has 0 aliphatic rings. The Bertz CT molecular complexity index is 747. The third-order valence-corrected chi connectivity index (χ3v) is 3.52. The lowest BCUT2D eigenvalue weighted by Crippen LogP contribution is -2.27. The molecule has 1 heterocycles. The fourth-order valence-corrected chi connectivity index (χ4v) is 2.33. The van der Waals surface area contributed by atoms with Crippen molar-refractivity contribution in [2.45, 2.75) is 19.1 Å². The van der Waals surface area contributed by atoms with Crippen LogP contribution in [0.4, 0.5) is 19.1 Å². The Kier molecular flexibility index (Phi) is 5.14. The fraction of sp³-hybridized carbons (Fsp3) is 0.375. The lowest BCUT2D eigenvalue weighted by molar-refractivity contribution is -0.137. The van der Waals surface area contributed by atoms with E-state index in [4.69, 9.17) is 9.68 Å². The summed E-state index contributed by atoms with van der Waals surface area (Å²) in [5, 5.41) is 11.9. The van der Waals surface area contributed by atoms with Crippen molar-refractivity contribution in [3.8, 4) is 6.07 Å². The van der Waals surface area contributed by atoms with Gasteiger partial charge >= 0.3 is 6.18 Å². The van der Waals surface area contributed by atoms with Crippen molar-refractivity contribution in [1.29, 1.82) is 5.26 Å². The molecule has 1 aromatic carbocycles. The molecule has 0 spiro atoms. The summed E-state index contributed by atoms with van der Waals surface area (Å²) >= 11 is 0. The fourth-order valence-electron chi connectivity index (χ4n) is 2.33. The molecule has 1 atom stereocenters. The second kappa shape index (κ2) is 6.93. The topological polar surface area (TPSA) is 65.1 Å². The van der Waals surface area contributed by atoms with E-state index in [0.29, 0.717) is 11.5 Å². The molecular formula is C16H17F3N4O. The maximum Gasteiger partial charge on any atom is 0.416 e. The smallest absolute Gasteiger partial charge is 0.416 e. The minimum atomic E-state index is -4.39. The highest BCUT2D eigenvalue weighted by Gasteiger charge is 2.31. The van der Waals surface area contributed by atoms with Gasteiger partial charge in [0.2, 0.25) is 11.6 Å². The lowest BCUT2D eigenvalue weighted by Gasteiger charge is -2.25. The Labute approximate surface area is 137 Å². The maximum absolute atomic E-state index is 12.9. The number of anilines is 1. The van der Waals surface area contributed by atoms with Gasteiger partial charge in [0.15, 0.2) is 5.89 Å². The van der Waals surface area contributed by atoms with Crippen molar-refractivity contribution in [2.75, 3.05) is 26.0 Å². The van der Waals surface area contributed by atoms with Gasteiger partial charge in [-0.1, -0.05) is 12.1 Å². The molecule has 2 aromatic rings. The zero-order valence-corrected chi connectivity index (χ0v) is 13.5. The summed E-state index contributed by atoms with van der Waals surface area (Å²) in [6.07, 6.45) is -4.39. The SMILES string of the molecule is Cc1nc(C#N)c(NC[C@H](c2cccc(C(F)(F)F)c2)N(C)C)o1. The van der Waals surface area contributed by atoms with Crippen molar-refractivity contribution in [2.24, 2.45) is 0 Å². The van der Waals surface area contributed by atoms with Crippen molar-refractivity contribution < 1.29 is 17.6 Å². The van der Waals surface area contributed by atoms with Gasteiger partial charge in [0, 0.05) is 13.5 Å². The summed E-state index contributed by atoms with van der Waals surface area (Å²) in [6.45, 7) is 1.87. The van der Waals surface area contributed by atoms with Gasteiger partial charge in [-0.3, -0.25) is 0 Å². The van der Waals surface area contributed by atoms with Crippen LogP contribution in [0, 0.1) is 18.3 Å². The minimum absolute atomic E-state index is 0.119. The average Bonchev–Trinajstić information content (AvgIpc) is 2.86. The molecule has 0 saturated heterocycles. The van der Waals surface area contributed by atoms with E-state index in [1.54, 1.807) is 32.0 Å². The number of oxazole rings is 1. The van der Waals surface area contributed by atoms with Gasteiger partial charge in [0.05, 0.1) is 11.6 Å². The molecule has 0 unspecified atom stereocenters. The second-order valence-electron chi connectivity index (χ2n) is 5.51. The third kappa shape index (κ3) is 4.06. The summed E-state index contributed by atoms with van der Waals surface area (Å²) in [5.74, 6) is 0.559. The second-order valence-corrected chi connectivity index (χ2v) is 5.51. The Morgan fingerprint density at radius 3 is 2.67 bits per heavy atom. The van der Waals surface area contributed by atoms with Gasteiger partial charge in [-0.05, 0) is 31.8 Å². The predicted octanol–water partition coefficient (Wildman–Crippen LogP) is 3.59. The van der Waals surface area contributed by atoms with Crippen LogP contribution < -0.4 is 5.32 Å². The van der Waals surface area contributed by atoms with Crippen LogP contribution in [-0.2, 0) is 6.18 Å². The van der Waals surface area contributed by atoms with Gasteiger partial charge in [0.25, 0.3) is 0 Å². The van der Waals surface area contributed by atoms with E-state index >= 15 is 0 Å². The summed E-state index contributed by atoms with van der Waals surface area (Å²) < 4.78 is 44.0. The summed E-state index contributed by atoms with van der Waals surface area (Å²) in [5.41, 5.74) is -0.0637. The first kappa shape index (κ1) is 17.8. The first-order valence-electron chi connectivity index (χ1n) is 7.17. The standard InChI is InChI=1S/C16H17F3N4O/c1-10-22-13(8-20)15(24-10)21-9-14(23(2)3)11-5-4-6-12(7-11)16(17,18)19/h4-7,14,21H,9H2,1-3H3/t14-/m1/s1. The molecule has 0 radical (unpaired) electrons. The van der Waals surface area contributed by atoms with Crippen LogP contribution >= 0.6 is 0 Å². The molecule has 0 bridgehead atoms. The van der Waals surface area contributed by atoms with Gasteiger partial charge in [-0.2, -0.15) is 18.4 Å². The number of rotatable bonds is 5. The molecule has 1 aromatic heterocycles.